The quantitative estimate of drug-likeness (QED) is 0.824. The molecule has 1 saturated carbocycles. The highest BCUT2D eigenvalue weighted by Crippen LogP contribution is 2.38. The fourth-order valence-electron chi connectivity index (χ4n) is 2.40. The van der Waals surface area contributed by atoms with Crippen LogP contribution in [-0.4, -0.2) is 31.3 Å². The van der Waals surface area contributed by atoms with Gasteiger partial charge in [0.2, 0.25) is 0 Å². The van der Waals surface area contributed by atoms with Crippen LogP contribution in [0.1, 0.15) is 24.0 Å². The van der Waals surface area contributed by atoms with Gasteiger partial charge in [0.05, 0.1) is 6.20 Å². The van der Waals surface area contributed by atoms with Crippen molar-refractivity contribution in [2.24, 2.45) is 0 Å². The van der Waals surface area contributed by atoms with Crippen LogP contribution in [0.5, 0.6) is 0 Å². The Morgan fingerprint density at radius 1 is 1.35 bits per heavy atom. The third-order valence-corrected chi connectivity index (χ3v) is 4.84. The van der Waals surface area contributed by atoms with E-state index in [0.29, 0.717) is 0 Å². The van der Waals surface area contributed by atoms with Crippen LogP contribution >= 0.6 is 11.9 Å². The Morgan fingerprint density at radius 2 is 2.29 bits per heavy atom. The number of aromatic amines is 1. The summed E-state index contributed by atoms with van der Waals surface area (Å²) in [6.07, 6.45) is 7.83. The molecule has 1 aliphatic carbocycles. The van der Waals surface area contributed by atoms with Crippen molar-refractivity contribution in [3.8, 4) is 0 Å². The van der Waals surface area contributed by atoms with Gasteiger partial charge in [-0.2, -0.15) is 5.10 Å². The second-order valence-electron chi connectivity index (χ2n) is 4.81. The number of nitrogens with one attached hydrogen (secondary N) is 1. The highest BCUT2D eigenvalue weighted by atomic mass is 32.2. The minimum Gasteiger partial charge on any atom is -0.261 e. The molecule has 4 nitrogen and oxygen atoms in total. The number of rotatable bonds is 2. The van der Waals surface area contributed by atoms with E-state index >= 15 is 0 Å². The van der Waals surface area contributed by atoms with Gasteiger partial charge in [0.1, 0.15) is 0 Å². The van der Waals surface area contributed by atoms with Crippen molar-refractivity contribution in [3.05, 3.63) is 23.5 Å². The molecular formula is C12H14N4S. The maximum atomic E-state index is 4.43. The summed E-state index contributed by atoms with van der Waals surface area (Å²) in [5, 5.41) is 9.12. The Morgan fingerprint density at radius 3 is 3.18 bits per heavy atom. The first kappa shape index (κ1) is 9.91. The number of pyridine rings is 1. The van der Waals surface area contributed by atoms with E-state index in [1.54, 1.807) is 0 Å². The largest absolute Gasteiger partial charge is 0.261 e. The summed E-state index contributed by atoms with van der Waals surface area (Å²) in [6.45, 7) is 2.18. The molecule has 2 aromatic heterocycles. The van der Waals surface area contributed by atoms with Crippen LogP contribution < -0.4 is 0 Å². The lowest BCUT2D eigenvalue weighted by molar-refractivity contribution is 0.444. The molecule has 0 bridgehead atoms. The molecule has 88 valence electrons. The summed E-state index contributed by atoms with van der Waals surface area (Å²) in [5.74, 6) is 0. The molecule has 0 atom stereocenters. The topological polar surface area (TPSA) is 44.8 Å². The van der Waals surface area contributed by atoms with E-state index in [0.717, 1.165) is 30.4 Å². The Bertz CT molecular complexity index is 561. The average molecular weight is 246 g/mol. The van der Waals surface area contributed by atoms with Gasteiger partial charge in [0.25, 0.3) is 0 Å². The molecular weight excluding hydrogens is 232 g/mol. The lowest BCUT2D eigenvalue weighted by atomic mass is 10.0. The van der Waals surface area contributed by atoms with E-state index in [1.807, 2.05) is 24.3 Å². The molecule has 4 rings (SSSR count). The fourth-order valence-corrected chi connectivity index (χ4v) is 3.58. The molecule has 0 spiro atoms. The molecule has 0 radical (unpaired) electrons. The summed E-state index contributed by atoms with van der Waals surface area (Å²) >= 11 is 2.04. The maximum absolute atomic E-state index is 4.43. The molecule has 1 aliphatic heterocycles. The van der Waals surface area contributed by atoms with Crippen molar-refractivity contribution < 1.29 is 0 Å². The van der Waals surface area contributed by atoms with Crippen molar-refractivity contribution in [3.63, 3.8) is 0 Å². The van der Waals surface area contributed by atoms with Crippen LogP contribution in [0.15, 0.2) is 12.4 Å². The standard InChI is InChI=1S/C12H14N4S/c1-2-9(1)17-16-4-3-10-8(7-16)5-13-12-11(10)6-14-15-12/h5-6,9H,1-4,7H2,(H,13,14,15). The first-order chi connectivity index (χ1) is 8.40. The Hall–Kier alpha value is -1.07. The van der Waals surface area contributed by atoms with Gasteiger partial charge in [0, 0.05) is 29.9 Å². The zero-order valence-corrected chi connectivity index (χ0v) is 10.3. The van der Waals surface area contributed by atoms with Crippen LogP contribution in [-0.2, 0) is 13.0 Å². The SMILES string of the molecule is c1nc2[nH]ncc2c2c1CN(SC1CC1)CC2. The van der Waals surface area contributed by atoms with Gasteiger partial charge in [-0.1, -0.05) is 11.9 Å². The molecule has 0 aromatic carbocycles. The van der Waals surface area contributed by atoms with Crippen molar-refractivity contribution in [1.29, 1.82) is 0 Å². The summed E-state index contributed by atoms with van der Waals surface area (Å²) in [4.78, 5) is 4.43. The van der Waals surface area contributed by atoms with E-state index in [1.165, 1.54) is 29.4 Å². The average Bonchev–Trinajstić information content (AvgIpc) is 3.03. The number of hydrogen-bond acceptors (Lipinski definition) is 4. The molecule has 0 amide bonds. The summed E-state index contributed by atoms with van der Waals surface area (Å²) in [7, 11) is 0. The number of aromatic nitrogens is 3. The van der Waals surface area contributed by atoms with E-state index in [-0.39, 0.29) is 0 Å². The highest BCUT2D eigenvalue weighted by Gasteiger charge is 2.28. The van der Waals surface area contributed by atoms with E-state index in [9.17, 15) is 0 Å². The molecule has 2 aromatic rings. The monoisotopic (exact) mass is 246 g/mol. The molecule has 1 N–H and O–H groups in total. The Labute approximate surface area is 104 Å². The minimum atomic E-state index is 0.891. The predicted molar refractivity (Wildman–Crippen MR) is 68.6 cm³/mol. The van der Waals surface area contributed by atoms with Gasteiger partial charge < -0.3 is 0 Å². The molecule has 1 fully saturated rings. The van der Waals surface area contributed by atoms with Crippen molar-refractivity contribution in [2.75, 3.05) is 6.54 Å². The Kier molecular flexibility index (Phi) is 2.16. The second-order valence-corrected chi connectivity index (χ2v) is 6.21. The number of fused-ring (bicyclic) bond motifs is 3. The maximum Gasteiger partial charge on any atom is 0.155 e. The highest BCUT2D eigenvalue weighted by molar-refractivity contribution is 7.97. The zero-order valence-electron chi connectivity index (χ0n) is 9.52. The van der Waals surface area contributed by atoms with Gasteiger partial charge >= 0.3 is 0 Å². The summed E-state index contributed by atoms with van der Waals surface area (Å²) < 4.78 is 2.49. The van der Waals surface area contributed by atoms with E-state index in [4.69, 9.17) is 0 Å². The molecule has 2 aliphatic rings. The van der Waals surface area contributed by atoms with Gasteiger partial charge in [0.15, 0.2) is 5.65 Å². The van der Waals surface area contributed by atoms with Crippen LogP contribution in [0.3, 0.4) is 0 Å². The third kappa shape index (κ3) is 1.73. The molecule has 0 saturated heterocycles. The van der Waals surface area contributed by atoms with Crippen LogP contribution in [0.25, 0.3) is 11.0 Å². The lowest BCUT2D eigenvalue weighted by Crippen LogP contribution is -2.25. The summed E-state index contributed by atoms with van der Waals surface area (Å²) in [5.41, 5.74) is 3.74. The number of hydrogen-bond donors (Lipinski definition) is 1. The minimum absolute atomic E-state index is 0.891. The normalized spacial score (nSPS) is 20.7. The van der Waals surface area contributed by atoms with Gasteiger partial charge in [-0.25, -0.2) is 9.29 Å². The Balaban J connectivity index is 1.67. The molecule has 5 heteroatoms. The van der Waals surface area contributed by atoms with E-state index < -0.39 is 0 Å². The van der Waals surface area contributed by atoms with Crippen molar-refractivity contribution >= 4 is 23.0 Å². The van der Waals surface area contributed by atoms with Crippen LogP contribution in [0.2, 0.25) is 0 Å². The molecule has 0 unspecified atom stereocenters. The summed E-state index contributed by atoms with van der Waals surface area (Å²) in [6, 6.07) is 0. The number of H-pyrrole nitrogens is 1. The lowest BCUT2D eigenvalue weighted by Gasteiger charge is -2.27. The van der Waals surface area contributed by atoms with Gasteiger partial charge in [-0.05, 0) is 30.4 Å². The van der Waals surface area contributed by atoms with Gasteiger partial charge in [-0.15, -0.1) is 0 Å². The zero-order chi connectivity index (χ0) is 11.2. The van der Waals surface area contributed by atoms with Crippen LogP contribution in [0, 0.1) is 0 Å². The van der Waals surface area contributed by atoms with Crippen LogP contribution in [0.4, 0.5) is 0 Å². The first-order valence-corrected chi connectivity index (χ1v) is 6.95. The fraction of sp³-hybridized carbons (Fsp3) is 0.500. The van der Waals surface area contributed by atoms with Crippen molar-refractivity contribution in [2.45, 2.75) is 31.1 Å². The first-order valence-electron chi connectivity index (χ1n) is 6.12. The smallest absolute Gasteiger partial charge is 0.155 e. The molecule has 17 heavy (non-hydrogen) atoms. The second kappa shape index (κ2) is 3.71. The number of nitrogens with zero attached hydrogens (tertiary/aromatic N) is 3. The predicted octanol–water partition coefficient (Wildman–Crippen LogP) is 2.13. The van der Waals surface area contributed by atoms with Crippen molar-refractivity contribution in [1.82, 2.24) is 19.5 Å². The van der Waals surface area contributed by atoms with E-state index in [2.05, 4.69) is 19.5 Å². The van der Waals surface area contributed by atoms with Gasteiger partial charge in [-0.3, -0.25) is 5.10 Å². The molecule has 3 heterocycles. The third-order valence-electron chi connectivity index (χ3n) is 3.46.